The third kappa shape index (κ3) is 5.64. The lowest BCUT2D eigenvalue weighted by atomic mass is 10.1. The molecule has 0 atom stereocenters. The minimum atomic E-state index is -0.161. The number of benzene rings is 2. The van der Waals surface area contributed by atoms with Crippen LogP contribution in [0.15, 0.2) is 47.6 Å². The summed E-state index contributed by atoms with van der Waals surface area (Å²) in [6.07, 6.45) is 0.409. The van der Waals surface area contributed by atoms with Crippen LogP contribution >= 0.6 is 11.8 Å². The summed E-state index contributed by atoms with van der Waals surface area (Å²) in [7, 11) is 0. The summed E-state index contributed by atoms with van der Waals surface area (Å²) in [6.45, 7) is 6.31. The fraction of sp³-hybridized carbons (Fsp3) is 0.273. The Hall–Kier alpha value is -3.33. The number of phenolic OH excluding ortho intramolecular Hbond substituents is 1. The first kappa shape index (κ1) is 22.4. The summed E-state index contributed by atoms with van der Waals surface area (Å²) in [5.41, 5.74) is 3.11. The number of aromatic nitrogens is 3. The topological polar surface area (TPSA) is 109 Å². The van der Waals surface area contributed by atoms with E-state index in [2.05, 4.69) is 20.8 Å². The number of carbonyl (C=O) groups excluding carboxylic acids is 2. The number of nitrogens with one attached hydrogen (secondary N) is 2. The highest BCUT2D eigenvalue weighted by atomic mass is 32.2. The Kier molecular flexibility index (Phi) is 7.30. The number of amides is 2. The average Bonchev–Trinajstić information content (AvgIpc) is 3.17. The minimum Gasteiger partial charge on any atom is -0.508 e. The predicted octanol–water partition coefficient (Wildman–Crippen LogP) is 4.06. The van der Waals surface area contributed by atoms with E-state index in [0.29, 0.717) is 29.6 Å². The van der Waals surface area contributed by atoms with Crippen molar-refractivity contribution in [3.8, 4) is 17.1 Å². The van der Waals surface area contributed by atoms with Gasteiger partial charge in [-0.2, -0.15) is 0 Å². The standard InChI is InChI=1S/C22H25N5O3S/c1-4-19(29)24-18-11-8-16(12-14(18)3)23-20(30)13-31-22-26-25-21(27(22)5-2)15-6-9-17(28)10-7-15/h6-12,28H,4-5,13H2,1-3H3,(H,23,30)(H,24,29). The lowest BCUT2D eigenvalue weighted by molar-refractivity contribution is -0.116. The minimum absolute atomic E-state index is 0.0528. The van der Waals surface area contributed by atoms with Crippen LogP contribution in [0.3, 0.4) is 0 Å². The SMILES string of the molecule is CCC(=O)Nc1ccc(NC(=O)CSc2nnc(-c3ccc(O)cc3)n2CC)cc1C. The molecule has 0 unspecified atom stereocenters. The fourth-order valence-corrected chi connectivity index (χ4v) is 3.75. The van der Waals surface area contributed by atoms with Crippen LogP contribution in [0.4, 0.5) is 11.4 Å². The van der Waals surface area contributed by atoms with Gasteiger partial charge in [0, 0.05) is 29.9 Å². The van der Waals surface area contributed by atoms with E-state index in [1.165, 1.54) is 11.8 Å². The highest BCUT2D eigenvalue weighted by molar-refractivity contribution is 7.99. The Morgan fingerprint density at radius 2 is 1.77 bits per heavy atom. The van der Waals surface area contributed by atoms with Gasteiger partial charge in [0.2, 0.25) is 11.8 Å². The molecule has 8 nitrogen and oxygen atoms in total. The van der Waals surface area contributed by atoms with Gasteiger partial charge in [0.05, 0.1) is 5.75 Å². The second-order valence-electron chi connectivity index (χ2n) is 6.87. The van der Waals surface area contributed by atoms with Crippen LogP contribution < -0.4 is 10.6 Å². The number of anilines is 2. The smallest absolute Gasteiger partial charge is 0.234 e. The van der Waals surface area contributed by atoms with E-state index in [1.54, 1.807) is 43.3 Å². The molecule has 2 aromatic carbocycles. The molecule has 3 N–H and O–H groups in total. The van der Waals surface area contributed by atoms with Crippen molar-refractivity contribution in [2.75, 3.05) is 16.4 Å². The van der Waals surface area contributed by atoms with Crippen molar-refractivity contribution in [1.82, 2.24) is 14.8 Å². The van der Waals surface area contributed by atoms with E-state index in [1.807, 2.05) is 24.5 Å². The molecule has 31 heavy (non-hydrogen) atoms. The number of phenols is 1. The number of rotatable bonds is 8. The average molecular weight is 440 g/mol. The maximum absolute atomic E-state index is 12.4. The Morgan fingerprint density at radius 3 is 2.42 bits per heavy atom. The van der Waals surface area contributed by atoms with E-state index in [-0.39, 0.29) is 23.3 Å². The Bertz CT molecular complexity index is 1080. The summed E-state index contributed by atoms with van der Waals surface area (Å²) in [5, 5.41) is 24.3. The van der Waals surface area contributed by atoms with Gasteiger partial charge in [0.1, 0.15) is 5.75 Å². The van der Waals surface area contributed by atoms with E-state index in [0.717, 1.165) is 16.8 Å². The van der Waals surface area contributed by atoms with Crippen LogP contribution in [0.2, 0.25) is 0 Å². The summed E-state index contributed by atoms with van der Waals surface area (Å²) < 4.78 is 1.93. The third-order valence-corrected chi connectivity index (χ3v) is 5.56. The Morgan fingerprint density at radius 1 is 1.03 bits per heavy atom. The van der Waals surface area contributed by atoms with E-state index >= 15 is 0 Å². The van der Waals surface area contributed by atoms with Crippen molar-refractivity contribution < 1.29 is 14.7 Å². The van der Waals surface area contributed by atoms with Gasteiger partial charge in [0.25, 0.3) is 0 Å². The number of hydrogen-bond acceptors (Lipinski definition) is 6. The molecule has 0 fully saturated rings. The lowest BCUT2D eigenvalue weighted by Gasteiger charge is -2.11. The molecular formula is C22H25N5O3S. The number of thioether (sulfide) groups is 1. The first-order valence-corrected chi connectivity index (χ1v) is 11.0. The number of hydrogen-bond donors (Lipinski definition) is 3. The van der Waals surface area contributed by atoms with Gasteiger partial charge in [-0.05, 0) is 61.9 Å². The molecule has 0 saturated carbocycles. The predicted molar refractivity (Wildman–Crippen MR) is 122 cm³/mol. The van der Waals surface area contributed by atoms with Gasteiger partial charge < -0.3 is 20.3 Å². The molecule has 0 aliphatic carbocycles. The highest BCUT2D eigenvalue weighted by Crippen LogP contribution is 2.26. The monoisotopic (exact) mass is 439 g/mol. The third-order valence-electron chi connectivity index (χ3n) is 4.60. The molecule has 9 heteroatoms. The zero-order valence-electron chi connectivity index (χ0n) is 17.7. The van der Waals surface area contributed by atoms with Gasteiger partial charge in [-0.1, -0.05) is 18.7 Å². The second kappa shape index (κ2) is 10.1. The van der Waals surface area contributed by atoms with Gasteiger partial charge in [-0.15, -0.1) is 10.2 Å². The summed E-state index contributed by atoms with van der Waals surface area (Å²) in [4.78, 5) is 24.0. The molecular weight excluding hydrogens is 414 g/mol. The van der Waals surface area contributed by atoms with E-state index in [4.69, 9.17) is 0 Å². The lowest BCUT2D eigenvalue weighted by Crippen LogP contribution is -2.15. The summed E-state index contributed by atoms with van der Waals surface area (Å²) in [6, 6.07) is 12.1. The largest absolute Gasteiger partial charge is 0.508 e. The molecule has 0 aliphatic heterocycles. The van der Waals surface area contributed by atoms with E-state index < -0.39 is 0 Å². The molecule has 0 bridgehead atoms. The second-order valence-corrected chi connectivity index (χ2v) is 7.81. The zero-order chi connectivity index (χ0) is 22.4. The molecule has 0 radical (unpaired) electrons. The number of aryl methyl sites for hydroxylation is 1. The van der Waals surface area contributed by atoms with Gasteiger partial charge >= 0.3 is 0 Å². The molecule has 3 rings (SSSR count). The maximum Gasteiger partial charge on any atom is 0.234 e. The Balaban J connectivity index is 1.63. The normalized spacial score (nSPS) is 10.7. The number of carbonyl (C=O) groups is 2. The van der Waals surface area contributed by atoms with Crippen LogP contribution in [0.5, 0.6) is 5.75 Å². The van der Waals surface area contributed by atoms with Crippen molar-refractivity contribution in [3.63, 3.8) is 0 Å². The quantitative estimate of drug-likeness (QED) is 0.457. The fourth-order valence-electron chi connectivity index (χ4n) is 2.95. The zero-order valence-corrected chi connectivity index (χ0v) is 18.5. The summed E-state index contributed by atoms with van der Waals surface area (Å²) >= 11 is 1.31. The van der Waals surface area contributed by atoms with Crippen LogP contribution in [0.25, 0.3) is 11.4 Å². The van der Waals surface area contributed by atoms with Crippen molar-refractivity contribution in [1.29, 1.82) is 0 Å². The molecule has 1 heterocycles. The molecule has 2 amide bonds. The molecule has 0 aliphatic rings. The van der Waals surface area contributed by atoms with Gasteiger partial charge in [0.15, 0.2) is 11.0 Å². The van der Waals surface area contributed by atoms with Crippen molar-refractivity contribution in [3.05, 3.63) is 48.0 Å². The summed E-state index contributed by atoms with van der Waals surface area (Å²) in [5.74, 6) is 0.843. The van der Waals surface area contributed by atoms with Crippen LogP contribution in [0, 0.1) is 6.92 Å². The number of aromatic hydroxyl groups is 1. The van der Waals surface area contributed by atoms with Crippen molar-refractivity contribution >= 4 is 35.0 Å². The highest BCUT2D eigenvalue weighted by Gasteiger charge is 2.15. The van der Waals surface area contributed by atoms with Crippen LogP contribution in [0.1, 0.15) is 25.8 Å². The Labute approximate surface area is 185 Å². The molecule has 3 aromatic rings. The van der Waals surface area contributed by atoms with Gasteiger partial charge in [-0.3, -0.25) is 9.59 Å². The first-order chi connectivity index (χ1) is 14.9. The molecule has 0 spiro atoms. The van der Waals surface area contributed by atoms with Gasteiger partial charge in [-0.25, -0.2) is 0 Å². The molecule has 162 valence electrons. The molecule has 1 aromatic heterocycles. The van der Waals surface area contributed by atoms with Crippen molar-refractivity contribution in [2.24, 2.45) is 0 Å². The first-order valence-electron chi connectivity index (χ1n) is 9.97. The van der Waals surface area contributed by atoms with Crippen LogP contribution in [-0.4, -0.2) is 37.4 Å². The van der Waals surface area contributed by atoms with Crippen LogP contribution in [-0.2, 0) is 16.1 Å². The van der Waals surface area contributed by atoms with E-state index in [9.17, 15) is 14.7 Å². The number of nitrogens with zero attached hydrogens (tertiary/aromatic N) is 3. The van der Waals surface area contributed by atoms with Crippen molar-refractivity contribution in [2.45, 2.75) is 38.9 Å². The molecule has 0 saturated heterocycles. The maximum atomic E-state index is 12.4.